The fourth-order valence-corrected chi connectivity index (χ4v) is 3.14. The molecule has 0 aliphatic heterocycles. The monoisotopic (exact) mass is 379 g/mol. The van der Waals surface area contributed by atoms with Gasteiger partial charge in [-0.2, -0.15) is 5.10 Å². The van der Waals surface area contributed by atoms with Crippen LogP contribution in [0.2, 0.25) is 10.0 Å². The number of alkyl halides is 2. The molecule has 1 aromatic carbocycles. The molecular formula is C14H13Cl2F2N3OS. The molecule has 0 aliphatic rings. The van der Waals surface area contributed by atoms with Crippen LogP contribution in [0.15, 0.2) is 35.5 Å². The van der Waals surface area contributed by atoms with E-state index in [4.69, 9.17) is 23.2 Å². The van der Waals surface area contributed by atoms with Crippen molar-refractivity contribution >= 4 is 46.6 Å². The fraction of sp³-hybridized carbons (Fsp3) is 0.286. The molecule has 0 aliphatic carbocycles. The molecule has 4 nitrogen and oxygen atoms in total. The van der Waals surface area contributed by atoms with Gasteiger partial charge in [-0.15, -0.1) is 11.8 Å². The molecule has 0 bridgehead atoms. The van der Waals surface area contributed by atoms with Crippen LogP contribution in [0.4, 0.5) is 14.5 Å². The summed E-state index contributed by atoms with van der Waals surface area (Å²) >= 11 is 13.2. The van der Waals surface area contributed by atoms with Crippen LogP contribution in [-0.4, -0.2) is 27.4 Å². The summed E-state index contributed by atoms with van der Waals surface area (Å²) in [6.45, 7) is 1.19. The molecule has 1 atom stereocenters. The van der Waals surface area contributed by atoms with Crippen molar-refractivity contribution in [2.24, 2.45) is 0 Å². The summed E-state index contributed by atoms with van der Waals surface area (Å²) in [6.07, 6.45) is 0.176. The molecule has 0 spiro atoms. The number of rotatable bonds is 6. The number of hydrogen-bond donors (Lipinski definition) is 1. The van der Waals surface area contributed by atoms with Crippen molar-refractivity contribution in [2.75, 3.05) is 5.32 Å². The van der Waals surface area contributed by atoms with Crippen molar-refractivity contribution in [1.29, 1.82) is 0 Å². The number of amides is 1. The summed E-state index contributed by atoms with van der Waals surface area (Å²) in [7, 11) is 0. The maximum Gasteiger partial charge on any atom is 0.257 e. The maximum absolute atomic E-state index is 12.3. The molecule has 1 aromatic heterocycles. The fourth-order valence-electron chi connectivity index (χ4n) is 1.72. The van der Waals surface area contributed by atoms with Gasteiger partial charge in [0.2, 0.25) is 5.91 Å². The van der Waals surface area contributed by atoms with Crippen LogP contribution in [0.3, 0.4) is 0 Å². The Hall–Kier alpha value is -1.31. The van der Waals surface area contributed by atoms with Crippen molar-refractivity contribution in [3.05, 3.63) is 40.6 Å². The van der Waals surface area contributed by atoms with Gasteiger partial charge in [-0.3, -0.25) is 9.48 Å². The Bertz CT molecular complexity index is 696. The molecule has 2 rings (SSSR count). The van der Waals surface area contributed by atoms with Gasteiger partial charge in [0, 0.05) is 16.1 Å². The number of carbonyl (C=O) groups excluding carboxylic acids is 1. The molecule has 9 heteroatoms. The number of aromatic nitrogens is 2. The Morgan fingerprint density at radius 3 is 2.87 bits per heavy atom. The van der Waals surface area contributed by atoms with Gasteiger partial charge in [-0.25, -0.2) is 8.78 Å². The van der Waals surface area contributed by atoms with Crippen LogP contribution in [0.1, 0.15) is 6.92 Å². The Morgan fingerprint density at radius 1 is 1.43 bits per heavy atom. The summed E-state index contributed by atoms with van der Waals surface area (Å²) in [5.74, 6) is -0.289. The van der Waals surface area contributed by atoms with Gasteiger partial charge in [-0.05, 0) is 25.1 Å². The van der Waals surface area contributed by atoms with E-state index in [-0.39, 0.29) is 5.91 Å². The Morgan fingerprint density at radius 2 is 2.17 bits per heavy atom. The molecule has 1 unspecified atom stereocenters. The molecule has 0 saturated carbocycles. The minimum absolute atomic E-state index is 0.289. The van der Waals surface area contributed by atoms with Crippen molar-refractivity contribution in [3.8, 4) is 0 Å². The van der Waals surface area contributed by atoms with Crippen molar-refractivity contribution < 1.29 is 13.6 Å². The minimum atomic E-state index is -2.50. The maximum atomic E-state index is 12.3. The second-order valence-electron chi connectivity index (χ2n) is 4.67. The summed E-state index contributed by atoms with van der Waals surface area (Å²) in [4.78, 5) is 12.8. The topological polar surface area (TPSA) is 46.9 Å². The van der Waals surface area contributed by atoms with E-state index < -0.39 is 18.2 Å². The van der Waals surface area contributed by atoms with Gasteiger partial charge in [0.25, 0.3) is 6.43 Å². The van der Waals surface area contributed by atoms with Crippen LogP contribution in [0.5, 0.6) is 0 Å². The van der Waals surface area contributed by atoms with Gasteiger partial charge in [0.15, 0.2) is 0 Å². The van der Waals surface area contributed by atoms with Gasteiger partial charge in [0.1, 0.15) is 6.54 Å². The number of anilines is 1. The summed E-state index contributed by atoms with van der Waals surface area (Å²) in [6, 6.07) is 5.00. The first-order valence-corrected chi connectivity index (χ1v) is 8.22. The summed E-state index contributed by atoms with van der Waals surface area (Å²) < 4.78 is 25.6. The van der Waals surface area contributed by atoms with Crippen molar-refractivity contribution in [1.82, 2.24) is 9.78 Å². The number of nitrogens with zero attached hydrogens (tertiary/aromatic N) is 2. The van der Waals surface area contributed by atoms with E-state index in [1.54, 1.807) is 25.1 Å². The van der Waals surface area contributed by atoms with E-state index in [1.807, 2.05) is 0 Å². The zero-order valence-electron chi connectivity index (χ0n) is 12.0. The minimum Gasteiger partial charge on any atom is -0.322 e. The average Bonchev–Trinajstić information content (AvgIpc) is 2.89. The molecule has 1 N–H and O–H groups in total. The standard InChI is InChI=1S/C14H13Cl2F2N3OS/c1-8(23-12-4-9(15)2-3-11(12)16)14(22)20-10-5-19-21(6-10)7-13(17)18/h2-6,8,13H,7H2,1H3,(H,20,22). The van der Waals surface area contributed by atoms with E-state index >= 15 is 0 Å². The predicted molar refractivity (Wildman–Crippen MR) is 88.6 cm³/mol. The summed E-state index contributed by atoms with van der Waals surface area (Å²) in [5, 5.41) is 6.96. The van der Waals surface area contributed by atoms with Gasteiger partial charge in [0.05, 0.1) is 22.2 Å². The molecule has 2 aromatic rings. The summed E-state index contributed by atoms with van der Waals surface area (Å²) in [5.41, 5.74) is 0.361. The third kappa shape index (κ3) is 5.37. The normalized spacial score (nSPS) is 12.4. The van der Waals surface area contributed by atoms with Gasteiger partial charge >= 0.3 is 0 Å². The second kappa shape index (κ2) is 7.99. The number of halogens is 4. The quantitative estimate of drug-likeness (QED) is 0.747. The third-order valence-corrected chi connectivity index (χ3v) is 4.63. The first-order valence-electron chi connectivity index (χ1n) is 6.58. The SMILES string of the molecule is CC(Sc1cc(Cl)ccc1Cl)C(=O)Nc1cnn(CC(F)F)c1. The first kappa shape index (κ1) is 18.0. The van der Waals surface area contributed by atoms with Crippen LogP contribution >= 0.6 is 35.0 Å². The molecule has 0 radical (unpaired) electrons. The van der Waals surface area contributed by atoms with Crippen LogP contribution in [0.25, 0.3) is 0 Å². The lowest BCUT2D eigenvalue weighted by atomic mass is 10.4. The number of benzene rings is 1. The second-order valence-corrected chi connectivity index (χ2v) is 6.89. The highest BCUT2D eigenvalue weighted by Gasteiger charge is 2.17. The van der Waals surface area contributed by atoms with Crippen LogP contribution in [0, 0.1) is 0 Å². The Labute approximate surface area is 146 Å². The molecule has 124 valence electrons. The molecule has 1 heterocycles. The number of hydrogen-bond acceptors (Lipinski definition) is 3. The highest BCUT2D eigenvalue weighted by Crippen LogP contribution is 2.33. The lowest BCUT2D eigenvalue weighted by Gasteiger charge is -2.12. The number of carbonyl (C=O) groups is 1. The van der Waals surface area contributed by atoms with Crippen molar-refractivity contribution in [2.45, 2.75) is 30.0 Å². The molecule has 0 fully saturated rings. The Balaban J connectivity index is 1.97. The zero-order chi connectivity index (χ0) is 17.0. The molecule has 0 saturated heterocycles. The third-order valence-electron chi connectivity index (χ3n) is 2.79. The number of thioether (sulfide) groups is 1. The van der Waals surface area contributed by atoms with E-state index in [1.165, 1.54) is 24.2 Å². The predicted octanol–water partition coefficient (Wildman–Crippen LogP) is 4.57. The lowest BCUT2D eigenvalue weighted by molar-refractivity contribution is -0.115. The first-order chi connectivity index (χ1) is 10.8. The molecular weight excluding hydrogens is 367 g/mol. The van der Waals surface area contributed by atoms with Crippen molar-refractivity contribution in [3.63, 3.8) is 0 Å². The van der Waals surface area contributed by atoms with Crippen LogP contribution < -0.4 is 5.32 Å². The van der Waals surface area contributed by atoms with Gasteiger partial charge < -0.3 is 5.32 Å². The van der Waals surface area contributed by atoms with E-state index in [0.29, 0.717) is 20.6 Å². The Kier molecular flexibility index (Phi) is 6.26. The average molecular weight is 380 g/mol. The smallest absolute Gasteiger partial charge is 0.257 e. The largest absolute Gasteiger partial charge is 0.322 e. The van der Waals surface area contributed by atoms with Gasteiger partial charge in [-0.1, -0.05) is 23.2 Å². The lowest BCUT2D eigenvalue weighted by Crippen LogP contribution is -2.22. The highest BCUT2D eigenvalue weighted by molar-refractivity contribution is 8.00. The van der Waals surface area contributed by atoms with E-state index in [0.717, 1.165) is 4.68 Å². The number of nitrogens with one attached hydrogen (secondary N) is 1. The molecule has 23 heavy (non-hydrogen) atoms. The van der Waals surface area contributed by atoms with E-state index in [2.05, 4.69) is 10.4 Å². The van der Waals surface area contributed by atoms with Crippen LogP contribution in [-0.2, 0) is 11.3 Å². The highest BCUT2D eigenvalue weighted by atomic mass is 35.5. The zero-order valence-corrected chi connectivity index (χ0v) is 14.3. The molecule has 1 amide bonds. The van der Waals surface area contributed by atoms with E-state index in [9.17, 15) is 13.6 Å².